The summed E-state index contributed by atoms with van der Waals surface area (Å²) in [4.78, 5) is 0. The van der Waals surface area contributed by atoms with Crippen LogP contribution in [0.15, 0.2) is 78.9 Å². The molecule has 0 unspecified atom stereocenters. The van der Waals surface area contributed by atoms with Crippen LogP contribution in [0, 0.1) is 6.92 Å². The van der Waals surface area contributed by atoms with Gasteiger partial charge in [-0.1, -0.05) is 66.7 Å². The van der Waals surface area contributed by atoms with Crippen molar-refractivity contribution in [1.82, 2.24) is 0 Å². The Labute approximate surface area is 129 Å². The molecule has 1 heteroatoms. The van der Waals surface area contributed by atoms with Crippen LogP contribution in [0.2, 0.25) is 0 Å². The van der Waals surface area contributed by atoms with E-state index in [1.54, 1.807) is 0 Å². The van der Waals surface area contributed by atoms with E-state index in [0.717, 1.165) is 22.3 Å². The van der Waals surface area contributed by atoms with Crippen molar-refractivity contribution in [2.45, 2.75) is 6.92 Å². The van der Waals surface area contributed by atoms with Crippen LogP contribution in [0.25, 0.3) is 21.5 Å². The van der Waals surface area contributed by atoms with E-state index in [1.165, 1.54) is 16.3 Å². The van der Waals surface area contributed by atoms with E-state index in [9.17, 15) is 0 Å². The Balaban J connectivity index is 2.07. The van der Waals surface area contributed by atoms with E-state index in [-0.39, 0.29) is 0 Å². The zero-order valence-electron chi connectivity index (χ0n) is 12.4. The highest BCUT2D eigenvalue weighted by Gasteiger charge is 2.12. The first kappa shape index (κ1) is 12.9. The molecule has 0 aliphatic rings. The zero-order valence-corrected chi connectivity index (χ0v) is 12.4. The van der Waals surface area contributed by atoms with E-state index in [4.69, 9.17) is 4.74 Å². The molecule has 0 heterocycles. The second kappa shape index (κ2) is 5.19. The molecule has 0 spiro atoms. The number of hydrogen-bond acceptors (Lipinski definition) is 1. The molecule has 0 aliphatic carbocycles. The first-order valence-electron chi connectivity index (χ1n) is 7.47. The fraction of sp³-hybridized carbons (Fsp3) is 0.0476. The lowest BCUT2D eigenvalue weighted by atomic mass is 9.96. The van der Waals surface area contributed by atoms with E-state index in [0.29, 0.717) is 0 Å². The number of fused-ring (bicyclic) bond motifs is 2. The topological polar surface area (TPSA) is 9.23 Å². The average molecular weight is 284 g/mol. The molecule has 0 fully saturated rings. The number of hydrogen-bond donors (Lipinski definition) is 0. The maximum absolute atomic E-state index is 6.26. The van der Waals surface area contributed by atoms with Gasteiger partial charge in [0.25, 0.3) is 0 Å². The van der Waals surface area contributed by atoms with Crippen molar-refractivity contribution >= 4 is 21.5 Å². The molecule has 0 aliphatic heterocycles. The Morgan fingerprint density at radius 1 is 0.545 bits per heavy atom. The van der Waals surface area contributed by atoms with Gasteiger partial charge in [0.15, 0.2) is 0 Å². The molecule has 0 aromatic heterocycles. The summed E-state index contributed by atoms with van der Waals surface area (Å²) < 4.78 is 6.26. The van der Waals surface area contributed by atoms with Crippen LogP contribution in [-0.2, 0) is 0 Å². The van der Waals surface area contributed by atoms with Gasteiger partial charge in [0.1, 0.15) is 11.5 Å². The molecule has 4 aromatic carbocycles. The molecule has 0 amide bonds. The molecule has 22 heavy (non-hydrogen) atoms. The number of rotatable bonds is 2. The summed E-state index contributed by atoms with van der Waals surface area (Å²) in [6.45, 7) is 2.18. The average Bonchev–Trinajstić information content (AvgIpc) is 2.59. The Morgan fingerprint density at radius 3 is 1.55 bits per heavy atom. The van der Waals surface area contributed by atoms with E-state index >= 15 is 0 Å². The summed E-state index contributed by atoms with van der Waals surface area (Å²) in [7, 11) is 0. The smallest absolute Gasteiger partial charge is 0.143 e. The molecule has 0 saturated carbocycles. The van der Waals surface area contributed by atoms with Crippen LogP contribution in [-0.4, -0.2) is 0 Å². The molecule has 0 N–H and O–H groups in total. The highest BCUT2D eigenvalue weighted by molar-refractivity contribution is 6.08. The van der Waals surface area contributed by atoms with Crippen molar-refractivity contribution in [1.29, 1.82) is 0 Å². The summed E-state index contributed by atoms with van der Waals surface area (Å²) in [5.74, 6) is 1.80. The largest absolute Gasteiger partial charge is 0.456 e. The van der Waals surface area contributed by atoms with Crippen molar-refractivity contribution in [3.63, 3.8) is 0 Å². The van der Waals surface area contributed by atoms with Crippen molar-refractivity contribution in [3.05, 3.63) is 84.4 Å². The standard InChI is InChI=1S/C21H16O/c1-15-17-11-5-7-13-19(17)21(20-14-8-6-12-18(15)20)22-16-9-3-2-4-10-16/h2-14H,1H3. The fourth-order valence-electron chi connectivity index (χ4n) is 3.02. The van der Waals surface area contributed by atoms with Gasteiger partial charge < -0.3 is 4.74 Å². The van der Waals surface area contributed by atoms with Crippen LogP contribution in [0.5, 0.6) is 11.5 Å². The van der Waals surface area contributed by atoms with Crippen LogP contribution in [0.1, 0.15) is 5.56 Å². The summed E-state index contributed by atoms with van der Waals surface area (Å²) in [5, 5.41) is 4.80. The minimum atomic E-state index is 0.863. The quantitative estimate of drug-likeness (QED) is 0.404. The fourth-order valence-corrected chi connectivity index (χ4v) is 3.02. The van der Waals surface area contributed by atoms with Gasteiger partial charge in [-0.15, -0.1) is 0 Å². The number of benzene rings is 4. The molecule has 106 valence electrons. The summed E-state index contributed by atoms with van der Waals surface area (Å²) in [6, 6.07) is 26.8. The van der Waals surface area contributed by atoms with Crippen LogP contribution < -0.4 is 4.74 Å². The van der Waals surface area contributed by atoms with Crippen molar-refractivity contribution in [2.24, 2.45) is 0 Å². The summed E-state index contributed by atoms with van der Waals surface area (Å²) in [5.41, 5.74) is 1.30. The Morgan fingerprint density at radius 2 is 1.00 bits per heavy atom. The first-order chi connectivity index (χ1) is 10.8. The van der Waals surface area contributed by atoms with Gasteiger partial charge in [-0.2, -0.15) is 0 Å². The predicted octanol–water partition coefficient (Wildman–Crippen LogP) is 6.09. The highest BCUT2D eigenvalue weighted by atomic mass is 16.5. The summed E-state index contributed by atoms with van der Waals surface area (Å²) in [6.07, 6.45) is 0. The van der Waals surface area contributed by atoms with Crippen molar-refractivity contribution in [3.8, 4) is 11.5 Å². The zero-order chi connectivity index (χ0) is 14.9. The number of para-hydroxylation sites is 1. The van der Waals surface area contributed by atoms with Crippen molar-refractivity contribution in [2.75, 3.05) is 0 Å². The maximum atomic E-state index is 6.26. The monoisotopic (exact) mass is 284 g/mol. The Kier molecular flexibility index (Phi) is 3.05. The lowest BCUT2D eigenvalue weighted by molar-refractivity contribution is 0.494. The van der Waals surface area contributed by atoms with E-state index < -0.39 is 0 Å². The Bertz CT molecular complexity index is 898. The van der Waals surface area contributed by atoms with Gasteiger partial charge in [-0.3, -0.25) is 0 Å². The van der Waals surface area contributed by atoms with E-state index in [1.807, 2.05) is 30.3 Å². The summed E-state index contributed by atoms with van der Waals surface area (Å²) >= 11 is 0. The minimum Gasteiger partial charge on any atom is -0.456 e. The molecule has 1 nitrogen and oxygen atoms in total. The normalized spacial score (nSPS) is 11.0. The number of ether oxygens (including phenoxy) is 1. The molecule has 4 rings (SSSR count). The van der Waals surface area contributed by atoms with Gasteiger partial charge >= 0.3 is 0 Å². The molecule has 0 atom stereocenters. The van der Waals surface area contributed by atoms with Gasteiger partial charge in [0, 0.05) is 10.8 Å². The maximum Gasteiger partial charge on any atom is 0.143 e. The van der Waals surface area contributed by atoms with Crippen molar-refractivity contribution < 1.29 is 4.74 Å². The lowest BCUT2D eigenvalue weighted by Gasteiger charge is -2.15. The van der Waals surface area contributed by atoms with Crippen LogP contribution in [0.4, 0.5) is 0 Å². The second-order valence-corrected chi connectivity index (χ2v) is 5.46. The van der Waals surface area contributed by atoms with Gasteiger partial charge in [-0.25, -0.2) is 0 Å². The molecule has 0 bridgehead atoms. The molecular formula is C21H16O. The van der Waals surface area contributed by atoms with Gasteiger partial charge in [0.2, 0.25) is 0 Å². The predicted molar refractivity (Wildman–Crippen MR) is 92.7 cm³/mol. The Hall–Kier alpha value is -2.80. The van der Waals surface area contributed by atoms with E-state index in [2.05, 4.69) is 55.5 Å². The third-order valence-electron chi connectivity index (χ3n) is 4.11. The van der Waals surface area contributed by atoms with Gasteiger partial charge in [-0.05, 0) is 35.4 Å². The first-order valence-corrected chi connectivity index (χ1v) is 7.47. The molecular weight excluding hydrogens is 268 g/mol. The number of aryl methyl sites for hydroxylation is 1. The molecule has 0 radical (unpaired) electrons. The lowest BCUT2D eigenvalue weighted by Crippen LogP contribution is -1.91. The van der Waals surface area contributed by atoms with Crippen LogP contribution in [0.3, 0.4) is 0 Å². The second-order valence-electron chi connectivity index (χ2n) is 5.46. The minimum absolute atomic E-state index is 0.863. The molecule has 4 aromatic rings. The third-order valence-corrected chi connectivity index (χ3v) is 4.11. The van der Waals surface area contributed by atoms with Gasteiger partial charge in [0.05, 0.1) is 0 Å². The third kappa shape index (κ3) is 2.03. The van der Waals surface area contributed by atoms with Crippen LogP contribution >= 0.6 is 0 Å². The highest BCUT2D eigenvalue weighted by Crippen LogP contribution is 2.39. The SMILES string of the molecule is Cc1c2ccccc2c(Oc2ccccc2)c2ccccc12. The molecule has 0 saturated heterocycles.